The maximum atomic E-state index is 11.9. The molecule has 1 aromatic carbocycles. The second kappa shape index (κ2) is 6.04. The second-order valence-electron chi connectivity index (χ2n) is 4.70. The van der Waals surface area contributed by atoms with E-state index >= 15 is 0 Å². The van der Waals surface area contributed by atoms with E-state index in [4.69, 9.17) is 9.57 Å². The average Bonchev–Trinajstić information content (AvgIpc) is 2.73. The summed E-state index contributed by atoms with van der Waals surface area (Å²) >= 11 is 0. The van der Waals surface area contributed by atoms with Gasteiger partial charge in [-0.15, -0.1) is 0 Å². The molecule has 1 saturated heterocycles. The highest BCUT2D eigenvalue weighted by molar-refractivity contribution is 5.67. The number of amides is 1. The number of ether oxygens (including phenoxy) is 1. The summed E-state index contributed by atoms with van der Waals surface area (Å²) in [6.45, 7) is 3.99. The van der Waals surface area contributed by atoms with E-state index in [1.807, 2.05) is 44.2 Å². The van der Waals surface area contributed by atoms with Crippen molar-refractivity contribution in [2.24, 2.45) is 5.92 Å². The molecule has 0 saturated carbocycles. The zero-order valence-electron chi connectivity index (χ0n) is 11.2. The van der Waals surface area contributed by atoms with Crippen molar-refractivity contribution in [3.8, 4) is 0 Å². The van der Waals surface area contributed by atoms with Crippen molar-refractivity contribution in [3.63, 3.8) is 0 Å². The van der Waals surface area contributed by atoms with Crippen LogP contribution in [0.1, 0.15) is 25.8 Å². The molecule has 1 N–H and O–H groups in total. The van der Waals surface area contributed by atoms with Crippen molar-refractivity contribution in [3.05, 3.63) is 35.9 Å². The third-order valence-electron chi connectivity index (χ3n) is 3.38. The van der Waals surface area contributed by atoms with Crippen LogP contribution >= 0.6 is 0 Å². The molecule has 0 radical (unpaired) electrons. The van der Waals surface area contributed by atoms with Crippen LogP contribution in [-0.4, -0.2) is 28.6 Å². The predicted octanol–water partition coefficient (Wildman–Crippen LogP) is 2.30. The van der Waals surface area contributed by atoms with Crippen LogP contribution in [0.2, 0.25) is 0 Å². The fraction of sp³-hybridized carbons (Fsp3) is 0.500. The molecular formula is C14H19NO4. The van der Waals surface area contributed by atoms with Gasteiger partial charge in [-0.05, 0) is 12.0 Å². The molecule has 0 bridgehead atoms. The molecule has 1 amide bonds. The Labute approximate surface area is 112 Å². The van der Waals surface area contributed by atoms with Gasteiger partial charge in [0, 0.05) is 5.92 Å². The molecule has 2 rings (SSSR count). The Morgan fingerprint density at radius 3 is 2.74 bits per heavy atom. The van der Waals surface area contributed by atoms with Gasteiger partial charge in [-0.3, -0.25) is 0 Å². The number of hydroxylamine groups is 2. The van der Waals surface area contributed by atoms with Crippen LogP contribution in [0.5, 0.6) is 0 Å². The third-order valence-corrected chi connectivity index (χ3v) is 3.38. The molecule has 3 atom stereocenters. The van der Waals surface area contributed by atoms with Crippen molar-refractivity contribution in [1.29, 1.82) is 0 Å². The van der Waals surface area contributed by atoms with Gasteiger partial charge >= 0.3 is 6.09 Å². The average molecular weight is 265 g/mol. The van der Waals surface area contributed by atoms with E-state index in [0.717, 1.165) is 10.6 Å². The molecule has 1 aliphatic heterocycles. The molecule has 0 spiro atoms. The smallest absolute Gasteiger partial charge is 0.434 e. The SMILES string of the molecule is CCC1[C@@H](C)C(O)ON1C(=O)OCc1ccccc1. The Morgan fingerprint density at radius 2 is 2.11 bits per heavy atom. The zero-order chi connectivity index (χ0) is 13.8. The highest BCUT2D eigenvalue weighted by Gasteiger charge is 2.42. The molecule has 1 heterocycles. The number of benzene rings is 1. The standard InChI is InChI=1S/C14H19NO4/c1-3-12-10(2)13(16)19-15(12)14(17)18-9-11-7-5-4-6-8-11/h4-8,10,12-13,16H,3,9H2,1-2H3/t10-,12?,13?/m1/s1. The van der Waals surface area contributed by atoms with Gasteiger partial charge in [0.15, 0.2) is 6.29 Å². The van der Waals surface area contributed by atoms with E-state index in [-0.39, 0.29) is 18.6 Å². The van der Waals surface area contributed by atoms with Crippen molar-refractivity contribution in [2.45, 2.75) is 39.2 Å². The van der Waals surface area contributed by atoms with Crippen LogP contribution in [0.4, 0.5) is 4.79 Å². The minimum absolute atomic E-state index is 0.116. The first-order chi connectivity index (χ1) is 9.13. The zero-order valence-corrected chi connectivity index (χ0v) is 11.2. The van der Waals surface area contributed by atoms with E-state index in [9.17, 15) is 9.90 Å². The molecule has 104 valence electrons. The monoisotopic (exact) mass is 265 g/mol. The van der Waals surface area contributed by atoms with Gasteiger partial charge in [-0.25, -0.2) is 9.63 Å². The van der Waals surface area contributed by atoms with Gasteiger partial charge in [0.05, 0.1) is 6.04 Å². The lowest BCUT2D eigenvalue weighted by Gasteiger charge is -2.21. The summed E-state index contributed by atoms with van der Waals surface area (Å²) in [7, 11) is 0. The molecule has 5 nitrogen and oxygen atoms in total. The van der Waals surface area contributed by atoms with E-state index in [2.05, 4.69) is 0 Å². The first-order valence-electron chi connectivity index (χ1n) is 6.48. The van der Waals surface area contributed by atoms with Crippen LogP contribution < -0.4 is 0 Å². The molecule has 1 aromatic rings. The van der Waals surface area contributed by atoms with Gasteiger partial charge in [-0.2, -0.15) is 5.06 Å². The maximum Gasteiger partial charge on any atom is 0.434 e. The first kappa shape index (κ1) is 13.8. The van der Waals surface area contributed by atoms with Gasteiger partial charge in [0.25, 0.3) is 0 Å². The van der Waals surface area contributed by atoms with E-state index in [0.29, 0.717) is 6.42 Å². The number of aliphatic hydroxyl groups excluding tert-OH is 1. The van der Waals surface area contributed by atoms with Gasteiger partial charge in [-0.1, -0.05) is 44.2 Å². The Kier molecular flexibility index (Phi) is 4.39. The Morgan fingerprint density at radius 1 is 1.42 bits per heavy atom. The molecule has 19 heavy (non-hydrogen) atoms. The van der Waals surface area contributed by atoms with E-state index in [1.54, 1.807) is 0 Å². The summed E-state index contributed by atoms with van der Waals surface area (Å²) < 4.78 is 5.19. The minimum Gasteiger partial charge on any atom is -0.443 e. The van der Waals surface area contributed by atoms with E-state index < -0.39 is 12.4 Å². The molecule has 5 heteroatoms. The molecular weight excluding hydrogens is 246 g/mol. The predicted molar refractivity (Wildman–Crippen MR) is 68.8 cm³/mol. The van der Waals surface area contributed by atoms with Gasteiger partial charge in [0.2, 0.25) is 0 Å². The topological polar surface area (TPSA) is 59.0 Å². The van der Waals surface area contributed by atoms with Gasteiger partial charge in [0.1, 0.15) is 6.61 Å². The summed E-state index contributed by atoms with van der Waals surface area (Å²) in [4.78, 5) is 17.1. The van der Waals surface area contributed by atoms with Crippen molar-refractivity contribution < 1.29 is 19.5 Å². The third kappa shape index (κ3) is 3.05. The second-order valence-corrected chi connectivity index (χ2v) is 4.70. The molecule has 1 fully saturated rings. The normalized spacial score (nSPS) is 26.5. The Hall–Kier alpha value is -1.59. The Balaban J connectivity index is 1.93. The number of aliphatic hydroxyl groups is 1. The van der Waals surface area contributed by atoms with E-state index in [1.165, 1.54) is 0 Å². The summed E-state index contributed by atoms with van der Waals surface area (Å²) in [5.74, 6) is -0.116. The lowest BCUT2D eigenvalue weighted by molar-refractivity contribution is -0.206. The summed E-state index contributed by atoms with van der Waals surface area (Å²) in [6.07, 6.45) is -0.799. The largest absolute Gasteiger partial charge is 0.443 e. The molecule has 0 aliphatic carbocycles. The van der Waals surface area contributed by atoms with Crippen LogP contribution in [0, 0.1) is 5.92 Å². The highest BCUT2D eigenvalue weighted by atomic mass is 16.8. The number of rotatable bonds is 3. The number of nitrogens with zero attached hydrogens (tertiary/aromatic N) is 1. The van der Waals surface area contributed by atoms with Crippen LogP contribution in [-0.2, 0) is 16.2 Å². The fourth-order valence-electron chi connectivity index (χ4n) is 2.19. The number of carbonyl (C=O) groups excluding carboxylic acids is 1. The van der Waals surface area contributed by atoms with Crippen molar-refractivity contribution in [1.82, 2.24) is 5.06 Å². The summed E-state index contributed by atoms with van der Waals surface area (Å²) in [5.41, 5.74) is 0.914. The molecule has 1 aliphatic rings. The molecule has 0 aromatic heterocycles. The van der Waals surface area contributed by atoms with Crippen molar-refractivity contribution >= 4 is 6.09 Å². The highest BCUT2D eigenvalue weighted by Crippen LogP contribution is 2.28. The molecule has 2 unspecified atom stereocenters. The van der Waals surface area contributed by atoms with Crippen LogP contribution in [0.15, 0.2) is 30.3 Å². The number of hydrogen-bond donors (Lipinski definition) is 1. The lowest BCUT2D eigenvalue weighted by Crippen LogP contribution is -2.36. The minimum atomic E-state index is -0.950. The quantitative estimate of drug-likeness (QED) is 0.911. The summed E-state index contributed by atoms with van der Waals surface area (Å²) in [6, 6.07) is 9.28. The van der Waals surface area contributed by atoms with Crippen molar-refractivity contribution in [2.75, 3.05) is 0 Å². The lowest BCUT2D eigenvalue weighted by atomic mass is 10.0. The maximum absolute atomic E-state index is 11.9. The van der Waals surface area contributed by atoms with Gasteiger partial charge < -0.3 is 9.84 Å². The fourth-order valence-corrected chi connectivity index (χ4v) is 2.19. The number of hydrogen-bond acceptors (Lipinski definition) is 4. The first-order valence-corrected chi connectivity index (χ1v) is 6.48. The summed E-state index contributed by atoms with van der Waals surface area (Å²) in [5, 5.41) is 10.8. The number of carbonyl (C=O) groups is 1. The van der Waals surface area contributed by atoms with Crippen LogP contribution in [0.3, 0.4) is 0 Å². The van der Waals surface area contributed by atoms with Crippen LogP contribution in [0.25, 0.3) is 0 Å². The Bertz CT molecular complexity index is 423.